The van der Waals surface area contributed by atoms with Gasteiger partial charge in [0.1, 0.15) is 5.75 Å². The van der Waals surface area contributed by atoms with Gasteiger partial charge in [-0.05, 0) is 25.8 Å². The summed E-state index contributed by atoms with van der Waals surface area (Å²) < 4.78 is 5.33. The van der Waals surface area contributed by atoms with Gasteiger partial charge in [0.2, 0.25) is 0 Å². The Morgan fingerprint density at radius 2 is 2.07 bits per heavy atom. The zero-order chi connectivity index (χ0) is 9.97. The van der Waals surface area contributed by atoms with Gasteiger partial charge in [0.25, 0.3) is 0 Å². The first-order valence-electron chi connectivity index (χ1n) is 5.20. The van der Waals surface area contributed by atoms with E-state index in [2.05, 4.69) is 24.4 Å². The molecule has 2 rings (SSSR count). The maximum absolute atomic E-state index is 5.33. The topological polar surface area (TPSA) is 21.3 Å². The summed E-state index contributed by atoms with van der Waals surface area (Å²) in [6.07, 6.45) is 2.64. The van der Waals surface area contributed by atoms with E-state index in [0.29, 0.717) is 6.04 Å². The van der Waals surface area contributed by atoms with Crippen molar-refractivity contribution >= 4 is 0 Å². The van der Waals surface area contributed by atoms with Gasteiger partial charge in [-0.1, -0.05) is 18.2 Å². The number of para-hydroxylation sites is 1. The standard InChI is InChI=1S/C12H17NO/c1-9(13-10-7-8-10)11-5-3-4-6-12(11)14-2/h3-6,9-10,13H,7-8H2,1-2H3/t9-/m0/s1. The number of benzene rings is 1. The lowest BCUT2D eigenvalue weighted by Crippen LogP contribution is -2.21. The van der Waals surface area contributed by atoms with Crippen LogP contribution in [0.15, 0.2) is 24.3 Å². The molecule has 76 valence electrons. The fourth-order valence-corrected chi connectivity index (χ4v) is 1.72. The van der Waals surface area contributed by atoms with E-state index >= 15 is 0 Å². The molecule has 0 aliphatic heterocycles. The van der Waals surface area contributed by atoms with Crippen LogP contribution >= 0.6 is 0 Å². The minimum absolute atomic E-state index is 0.388. The van der Waals surface area contributed by atoms with Gasteiger partial charge < -0.3 is 10.1 Å². The molecule has 1 aliphatic carbocycles. The van der Waals surface area contributed by atoms with Gasteiger partial charge >= 0.3 is 0 Å². The summed E-state index contributed by atoms with van der Waals surface area (Å²) in [6.45, 7) is 2.19. The van der Waals surface area contributed by atoms with E-state index in [1.165, 1.54) is 18.4 Å². The summed E-state index contributed by atoms with van der Waals surface area (Å²) in [7, 11) is 1.72. The van der Waals surface area contributed by atoms with E-state index in [9.17, 15) is 0 Å². The van der Waals surface area contributed by atoms with E-state index < -0.39 is 0 Å². The highest BCUT2D eigenvalue weighted by molar-refractivity contribution is 5.35. The van der Waals surface area contributed by atoms with Gasteiger partial charge in [-0.25, -0.2) is 0 Å². The van der Waals surface area contributed by atoms with Crippen LogP contribution in [0.3, 0.4) is 0 Å². The molecule has 1 aliphatic rings. The van der Waals surface area contributed by atoms with Crippen molar-refractivity contribution in [1.82, 2.24) is 5.32 Å². The molecule has 0 aromatic heterocycles. The fourth-order valence-electron chi connectivity index (χ4n) is 1.72. The van der Waals surface area contributed by atoms with Crippen molar-refractivity contribution < 1.29 is 4.74 Å². The van der Waals surface area contributed by atoms with Crippen LogP contribution in [-0.2, 0) is 0 Å². The Labute approximate surface area is 85.3 Å². The first-order valence-corrected chi connectivity index (χ1v) is 5.20. The van der Waals surface area contributed by atoms with Crippen LogP contribution in [0.25, 0.3) is 0 Å². The summed E-state index contributed by atoms with van der Waals surface area (Å²) in [6, 6.07) is 9.32. The molecule has 0 spiro atoms. The molecule has 2 heteroatoms. The Balaban J connectivity index is 2.11. The molecule has 1 saturated carbocycles. The average Bonchev–Trinajstić information content (AvgIpc) is 3.01. The van der Waals surface area contributed by atoms with E-state index in [1.807, 2.05) is 12.1 Å². The van der Waals surface area contributed by atoms with E-state index in [1.54, 1.807) is 7.11 Å². The lowest BCUT2D eigenvalue weighted by molar-refractivity contribution is 0.401. The lowest BCUT2D eigenvalue weighted by Gasteiger charge is -2.16. The average molecular weight is 191 g/mol. The maximum Gasteiger partial charge on any atom is 0.123 e. The molecule has 1 atom stereocenters. The van der Waals surface area contributed by atoms with E-state index in [-0.39, 0.29) is 0 Å². The third-order valence-electron chi connectivity index (χ3n) is 2.67. The second-order valence-electron chi connectivity index (χ2n) is 3.90. The Kier molecular flexibility index (Phi) is 2.73. The molecule has 0 heterocycles. The predicted octanol–water partition coefficient (Wildman–Crippen LogP) is 2.51. The number of nitrogens with one attached hydrogen (secondary N) is 1. The van der Waals surface area contributed by atoms with Crippen molar-refractivity contribution in [3.05, 3.63) is 29.8 Å². The molecular formula is C12H17NO. The third kappa shape index (κ3) is 2.07. The van der Waals surface area contributed by atoms with Crippen molar-refractivity contribution in [2.45, 2.75) is 31.8 Å². The van der Waals surface area contributed by atoms with Gasteiger partial charge in [-0.3, -0.25) is 0 Å². The molecule has 0 saturated heterocycles. The van der Waals surface area contributed by atoms with Crippen LogP contribution in [0.4, 0.5) is 0 Å². The molecule has 0 radical (unpaired) electrons. The minimum atomic E-state index is 0.388. The summed E-state index contributed by atoms with van der Waals surface area (Å²) in [5.41, 5.74) is 1.25. The molecule has 0 bridgehead atoms. The van der Waals surface area contributed by atoms with Gasteiger partial charge in [-0.15, -0.1) is 0 Å². The quantitative estimate of drug-likeness (QED) is 0.789. The van der Waals surface area contributed by atoms with Gasteiger partial charge in [-0.2, -0.15) is 0 Å². The van der Waals surface area contributed by atoms with Crippen LogP contribution in [0.5, 0.6) is 5.75 Å². The molecule has 2 nitrogen and oxygen atoms in total. The Hall–Kier alpha value is -1.02. The minimum Gasteiger partial charge on any atom is -0.496 e. The fraction of sp³-hybridized carbons (Fsp3) is 0.500. The van der Waals surface area contributed by atoms with Crippen LogP contribution in [0.1, 0.15) is 31.4 Å². The van der Waals surface area contributed by atoms with Gasteiger partial charge in [0.05, 0.1) is 7.11 Å². The highest BCUT2D eigenvalue weighted by atomic mass is 16.5. The van der Waals surface area contributed by atoms with Crippen LogP contribution in [0, 0.1) is 0 Å². The molecule has 1 aromatic carbocycles. The second kappa shape index (κ2) is 4.01. The van der Waals surface area contributed by atoms with Crippen LogP contribution < -0.4 is 10.1 Å². The lowest BCUT2D eigenvalue weighted by atomic mass is 10.1. The van der Waals surface area contributed by atoms with Crippen LogP contribution in [-0.4, -0.2) is 13.2 Å². The molecule has 0 unspecified atom stereocenters. The second-order valence-corrected chi connectivity index (χ2v) is 3.90. The number of methoxy groups -OCH3 is 1. The summed E-state index contributed by atoms with van der Waals surface area (Å²) in [5.74, 6) is 0.980. The predicted molar refractivity (Wildman–Crippen MR) is 57.6 cm³/mol. The Morgan fingerprint density at radius 1 is 1.36 bits per heavy atom. The molecule has 1 aromatic rings. The number of rotatable bonds is 4. The molecular weight excluding hydrogens is 174 g/mol. The largest absolute Gasteiger partial charge is 0.496 e. The molecule has 1 fully saturated rings. The normalized spacial score (nSPS) is 17.9. The number of hydrogen-bond donors (Lipinski definition) is 1. The number of ether oxygens (including phenoxy) is 1. The zero-order valence-electron chi connectivity index (χ0n) is 8.79. The van der Waals surface area contributed by atoms with Crippen molar-refractivity contribution in [2.24, 2.45) is 0 Å². The van der Waals surface area contributed by atoms with E-state index in [0.717, 1.165) is 11.8 Å². The van der Waals surface area contributed by atoms with Crippen molar-refractivity contribution in [3.63, 3.8) is 0 Å². The third-order valence-corrected chi connectivity index (χ3v) is 2.67. The number of hydrogen-bond acceptors (Lipinski definition) is 2. The monoisotopic (exact) mass is 191 g/mol. The summed E-state index contributed by atoms with van der Waals surface area (Å²) in [4.78, 5) is 0. The Morgan fingerprint density at radius 3 is 2.71 bits per heavy atom. The highest BCUT2D eigenvalue weighted by Gasteiger charge is 2.24. The van der Waals surface area contributed by atoms with Gasteiger partial charge in [0, 0.05) is 17.6 Å². The van der Waals surface area contributed by atoms with Crippen molar-refractivity contribution in [1.29, 1.82) is 0 Å². The van der Waals surface area contributed by atoms with E-state index in [4.69, 9.17) is 4.74 Å². The summed E-state index contributed by atoms with van der Waals surface area (Å²) >= 11 is 0. The Bertz CT molecular complexity index is 307. The van der Waals surface area contributed by atoms with Crippen molar-refractivity contribution in [3.8, 4) is 5.75 Å². The smallest absolute Gasteiger partial charge is 0.123 e. The molecule has 14 heavy (non-hydrogen) atoms. The SMILES string of the molecule is COc1ccccc1[C@H](C)NC1CC1. The maximum atomic E-state index is 5.33. The first-order chi connectivity index (χ1) is 6.81. The van der Waals surface area contributed by atoms with Crippen LogP contribution in [0.2, 0.25) is 0 Å². The highest BCUT2D eigenvalue weighted by Crippen LogP contribution is 2.28. The zero-order valence-corrected chi connectivity index (χ0v) is 8.79. The first kappa shape index (κ1) is 9.53. The van der Waals surface area contributed by atoms with Crippen molar-refractivity contribution in [2.75, 3.05) is 7.11 Å². The summed E-state index contributed by atoms with van der Waals surface area (Å²) in [5, 5.41) is 3.56. The van der Waals surface area contributed by atoms with Gasteiger partial charge in [0.15, 0.2) is 0 Å². The molecule has 1 N–H and O–H groups in total. The molecule has 0 amide bonds.